The van der Waals surface area contributed by atoms with Gasteiger partial charge in [0.25, 0.3) is 0 Å². The van der Waals surface area contributed by atoms with E-state index in [1.165, 1.54) is 12.4 Å². The van der Waals surface area contributed by atoms with Gasteiger partial charge in [-0.1, -0.05) is 28.1 Å². The molecule has 1 heterocycles. The van der Waals surface area contributed by atoms with Crippen LogP contribution in [-0.4, -0.2) is 21.0 Å². The molecule has 4 nitrogen and oxygen atoms in total. The van der Waals surface area contributed by atoms with Gasteiger partial charge in [0, 0.05) is 10.0 Å². The Balaban J connectivity index is 0.00000144. The number of aromatic nitrogens is 2. The first kappa shape index (κ1) is 14.3. The monoisotopic (exact) mass is 302 g/mol. The van der Waals surface area contributed by atoms with Crippen molar-refractivity contribution in [3.8, 4) is 11.3 Å². The van der Waals surface area contributed by atoms with Crippen molar-refractivity contribution in [1.29, 1.82) is 0 Å². The Kier molecular flexibility index (Phi) is 5.27. The zero-order chi connectivity index (χ0) is 11.5. The minimum atomic E-state index is -1.06. The molecule has 0 spiro atoms. The van der Waals surface area contributed by atoms with Gasteiger partial charge in [-0.2, -0.15) is 0 Å². The van der Waals surface area contributed by atoms with Crippen LogP contribution >= 0.6 is 15.9 Å². The number of aromatic carboxylic acids is 1. The molecule has 2 aromatic rings. The maximum Gasteiger partial charge on any atom is 1.00 e. The Hall–Kier alpha value is -0.750. The van der Waals surface area contributed by atoms with Crippen molar-refractivity contribution < 1.29 is 40.9 Å². The molecule has 0 amide bonds. The molecule has 6 heteroatoms. The third-order valence-corrected chi connectivity index (χ3v) is 2.50. The molecule has 0 radical (unpaired) electrons. The maximum absolute atomic E-state index is 10.8. The van der Waals surface area contributed by atoms with E-state index in [4.69, 9.17) is 5.11 Å². The van der Waals surface area contributed by atoms with E-state index in [0.717, 1.165) is 10.0 Å². The van der Waals surface area contributed by atoms with E-state index >= 15 is 0 Å². The van der Waals surface area contributed by atoms with Gasteiger partial charge >= 0.3 is 35.5 Å². The molecule has 17 heavy (non-hydrogen) atoms. The molecule has 0 aliphatic carbocycles. The van der Waals surface area contributed by atoms with Gasteiger partial charge in [0.2, 0.25) is 0 Å². The van der Waals surface area contributed by atoms with E-state index in [1.807, 2.05) is 24.3 Å². The topological polar surface area (TPSA) is 63.1 Å². The molecular formula is C11H8BrN2NaO2. The van der Waals surface area contributed by atoms with Crippen LogP contribution in [0.1, 0.15) is 11.9 Å². The van der Waals surface area contributed by atoms with Crippen molar-refractivity contribution in [1.82, 2.24) is 9.97 Å². The summed E-state index contributed by atoms with van der Waals surface area (Å²) in [7, 11) is 0. The van der Waals surface area contributed by atoms with Gasteiger partial charge in [-0.3, -0.25) is 0 Å². The van der Waals surface area contributed by atoms with E-state index in [9.17, 15) is 4.79 Å². The van der Waals surface area contributed by atoms with Crippen LogP contribution in [0.3, 0.4) is 0 Å². The first-order valence-electron chi connectivity index (χ1n) is 4.48. The summed E-state index contributed by atoms with van der Waals surface area (Å²) in [5.74, 6) is -1.06. The van der Waals surface area contributed by atoms with Crippen molar-refractivity contribution in [2.24, 2.45) is 0 Å². The molecule has 1 aromatic carbocycles. The molecule has 0 fully saturated rings. The summed E-state index contributed by atoms with van der Waals surface area (Å²) in [6.45, 7) is 0. The third kappa shape index (κ3) is 3.61. The second kappa shape index (κ2) is 6.26. The standard InChI is InChI=1S/C11H7BrN2O2.Na.H/c12-8-3-1-2-7(4-8)9-5-10(11(15)16)14-6-13-9;;/h1-6H,(H,15,16);;/q;+1;-1. The Labute approximate surface area is 130 Å². The predicted octanol–water partition coefficient (Wildman–Crippen LogP) is -0.279. The summed E-state index contributed by atoms with van der Waals surface area (Å²) in [6, 6.07) is 8.93. The smallest absolute Gasteiger partial charge is 1.00 e. The summed E-state index contributed by atoms with van der Waals surface area (Å²) in [4.78, 5) is 18.5. The average Bonchev–Trinajstić information content (AvgIpc) is 2.29. The Morgan fingerprint density at radius 3 is 2.71 bits per heavy atom. The zero-order valence-electron chi connectivity index (χ0n) is 10.1. The number of carbonyl (C=O) groups is 1. The summed E-state index contributed by atoms with van der Waals surface area (Å²) >= 11 is 3.35. The number of halogens is 1. The van der Waals surface area contributed by atoms with Crippen LogP contribution in [-0.2, 0) is 0 Å². The van der Waals surface area contributed by atoms with E-state index in [-0.39, 0.29) is 36.7 Å². The largest absolute Gasteiger partial charge is 1.00 e. The molecule has 0 unspecified atom stereocenters. The molecule has 0 bridgehead atoms. The fraction of sp³-hybridized carbons (Fsp3) is 0. The summed E-state index contributed by atoms with van der Waals surface area (Å²) < 4.78 is 0.917. The normalized spacial score (nSPS) is 9.47. The fourth-order valence-electron chi connectivity index (χ4n) is 1.28. The van der Waals surface area contributed by atoms with Crippen LogP contribution in [0.15, 0.2) is 41.1 Å². The number of rotatable bonds is 2. The molecule has 1 N–H and O–H groups in total. The van der Waals surface area contributed by atoms with Crippen LogP contribution in [0, 0.1) is 0 Å². The van der Waals surface area contributed by atoms with Crippen LogP contribution in [0.25, 0.3) is 11.3 Å². The van der Waals surface area contributed by atoms with Gasteiger partial charge in [-0.05, 0) is 18.2 Å². The molecule has 1 aromatic heterocycles. The van der Waals surface area contributed by atoms with Gasteiger partial charge in [0.1, 0.15) is 6.33 Å². The van der Waals surface area contributed by atoms with Crippen LogP contribution < -0.4 is 29.6 Å². The summed E-state index contributed by atoms with van der Waals surface area (Å²) in [5, 5.41) is 8.81. The van der Waals surface area contributed by atoms with E-state index in [2.05, 4.69) is 25.9 Å². The van der Waals surface area contributed by atoms with E-state index in [1.54, 1.807) is 0 Å². The Morgan fingerprint density at radius 2 is 2.06 bits per heavy atom. The second-order valence-electron chi connectivity index (χ2n) is 3.10. The van der Waals surface area contributed by atoms with Crippen LogP contribution in [0.5, 0.6) is 0 Å². The molecule has 82 valence electrons. The van der Waals surface area contributed by atoms with Crippen LogP contribution in [0.2, 0.25) is 0 Å². The fourth-order valence-corrected chi connectivity index (χ4v) is 1.68. The first-order valence-corrected chi connectivity index (χ1v) is 5.27. The molecule has 0 saturated carbocycles. The van der Waals surface area contributed by atoms with Crippen molar-refractivity contribution in [2.75, 3.05) is 0 Å². The van der Waals surface area contributed by atoms with Crippen molar-refractivity contribution in [3.05, 3.63) is 46.8 Å². The maximum atomic E-state index is 10.8. The molecule has 0 aliphatic rings. The number of hydrogen-bond donors (Lipinski definition) is 1. The number of carboxylic acid groups (broad SMARTS) is 1. The number of carboxylic acids is 1. The SMILES string of the molecule is O=C(O)c1cc(-c2cccc(Br)c2)ncn1.[H-].[Na+]. The summed E-state index contributed by atoms with van der Waals surface area (Å²) in [5.41, 5.74) is 1.43. The molecular weight excluding hydrogens is 295 g/mol. The molecule has 0 atom stereocenters. The quantitative estimate of drug-likeness (QED) is 0.775. The van der Waals surface area contributed by atoms with Gasteiger partial charge in [-0.15, -0.1) is 0 Å². The van der Waals surface area contributed by atoms with Crippen molar-refractivity contribution in [3.63, 3.8) is 0 Å². The van der Waals surface area contributed by atoms with Crippen molar-refractivity contribution in [2.45, 2.75) is 0 Å². The number of nitrogens with zero attached hydrogens (tertiary/aromatic N) is 2. The second-order valence-corrected chi connectivity index (χ2v) is 4.02. The predicted molar refractivity (Wildman–Crippen MR) is 63.2 cm³/mol. The van der Waals surface area contributed by atoms with E-state index in [0.29, 0.717) is 5.69 Å². The van der Waals surface area contributed by atoms with Gasteiger partial charge < -0.3 is 6.53 Å². The van der Waals surface area contributed by atoms with Gasteiger partial charge in [0.15, 0.2) is 5.69 Å². The summed E-state index contributed by atoms with van der Waals surface area (Å²) in [6.07, 6.45) is 1.25. The minimum Gasteiger partial charge on any atom is -1.00 e. The first-order chi connectivity index (χ1) is 7.66. The van der Waals surface area contributed by atoms with Crippen LogP contribution in [0.4, 0.5) is 0 Å². The van der Waals surface area contributed by atoms with Gasteiger partial charge in [0.05, 0.1) is 5.69 Å². The zero-order valence-corrected chi connectivity index (χ0v) is 12.7. The Bertz CT molecular complexity index is 554. The van der Waals surface area contributed by atoms with E-state index < -0.39 is 5.97 Å². The minimum absolute atomic E-state index is 0. The Morgan fingerprint density at radius 1 is 1.29 bits per heavy atom. The van der Waals surface area contributed by atoms with Gasteiger partial charge in [-0.25, -0.2) is 14.8 Å². The average molecular weight is 303 g/mol. The number of hydrogen-bond acceptors (Lipinski definition) is 3. The van der Waals surface area contributed by atoms with Crippen molar-refractivity contribution >= 4 is 21.9 Å². The molecule has 0 saturated heterocycles. The third-order valence-electron chi connectivity index (χ3n) is 2.01. The number of benzene rings is 1. The molecule has 2 rings (SSSR count). The molecule has 0 aliphatic heterocycles.